The zero-order valence-corrected chi connectivity index (χ0v) is 17.3. The van der Waals surface area contributed by atoms with E-state index in [2.05, 4.69) is 20.0 Å². The summed E-state index contributed by atoms with van der Waals surface area (Å²) in [6.07, 6.45) is 5.20. The molecule has 4 aromatic rings. The SMILES string of the molecule is Cc1cn2cccc(OCC(=O)Nc3ccc(S(=O)(=O)Nc4ccccn4)cc3)c2n1. The average molecular weight is 437 g/mol. The Morgan fingerprint density at radius 2 is 1.90 bits per heavy atom. The molecular weight excluding hydrogens is 418 g/mol. The van der Waals surface area contributed by atoms with Gasteiger partial charge < -0.3 is 14.5 Å². The second-order valence-corrected chi connectivity index (χ2v) is 8.35. The molecule has 0 atom stereocenters. The highest BCUT2D eigenvalue weighted by atomic mass is 32.2. The van der Waals surface area contributed by atoms with Gasteiger partial charge in [-0.15, -0.1) is 0 Å². The van der Waals surface area contributed by atoms with Crippen molar-refractivity contribution in [1.29, 1.82) is 0 Å². The third kappa shape index (κ3) is 4.81. The minimum atomic E-state index is -3.78. The number of imidazole rings is 1. The van der Waals surface area contributed by atoms with Crippen LogP contribution >= 0.6 is 0 Å². The highest BCUT2D eigenvalue weighted by Crippen LogP contribution is 2.19. The lowest BCUT2D eigenvalue weighted by atomic mass is 10.3. The predicted octanol–water partition coefficient (Wildman–Crippen LogP) is 2.86. The molecule has 9 nitrogen and oxygen atoms in total. The molecule has 0 radical (unpaired) electrons. The Morgan fingerprint density at radius 3 is 2.65 bits per heavy atom. The van der Waals surface area contributed by atoms with Crippen LogP contribution in [-0.4, -0.2) is 35.3 Å². The molecule has 0 fully saturated rings. The zero-order valence-electron chi connectivity index (χ0n) is 16.5. The van der Waals surface area contributed by atoms with E-state index in [1.807, 2.05) is 23.7 Å². The number of nitrogens with zero attached hydrogens (tertiary/aromatic N) is 3. The molecule has 0 saturated heterocycles. The quantitative estimate of drug-likeness (QED) is 0.459. The molecule has 3 aromatic heterocycles. The van der Waals surface area contributed by atoms with Crippen LogP contribution in [0.5, 0.6) is 5.75 Å². The largest absolute Gasteiger partial charge is 0.480 e. The number of pyridine rings is 2. The van der Waals surface area contributed by atoms with Gasteiger partial charge in [0.05, 0.1) is 10.6 Å². The highest BCUT2D eigenvalue weighted by molar-refractivity contribution is 7.92. The van der Waals surface area contributed by atoms with E-state index in [4.69, 9.17) is 4.74 Å². The van der Waals surface area contributed by atoms with Crippen molar-refractivity contribution in [2.75, 3.05) is 16.6 Å². The summed E-state index contributed by atoms with van der Waals surface area (Å²) in [7, 11) is -3.78. The van der Waals surface area contributed by atoms with E-state index in [9.17, 15) is 13.2 Å². The second-order valence-electron chi connectivity index (χ2n) is 6.67. The Bertz CT molecular complexity index is 1320. The zero-order chi connectivity index (χ0) is 21.8. The summed E-state index contributed by atoms with van der Waals surface area (Å²) in [6, 6.07) is 14.3. The maximum absolute atomic E-state index is 12.4. The lowest BCUT2D eigenvalue weighted by molar-refractivity contribution is -0.118. The van der Waals surface area contributed by atoms with Gasteiger partial charge in [-0.25, -0.2) is 18.4 Å². The first-order valence-electron chi connectivity index (χ1n) is 9.32. The smallest absolute Gasteiger partial charge is 0.263 e. The van der Waals surface area contributed by atoms with Crippen LogP contribution in [0.1, 0.15) is 5.69 Å². The van der Waals surface area contributed by atoms with Crippen molar-refractivity contribution < 1.29 is 17.9 Å². The summed E-state index contributed by atoms with van der Waals surface area (Å²) < 4.78 is 34.7. The van der Waals surface area contributed by atoms with E-state index < -0.39 is 10.0 Å². The molecule has 0 aliphatic carbocycles. The number of carbonyl (C=O) groups is 1. The van der Waals surface area contributed by atoms with Gasteiger partial charge in [0.1, 0.15) is 5.82 Å². The number of anilines is 2. The van der Waals surface area contributed by atoms with Crippen molar-refractivity contribution in [3.8, 4) is 5.75 Å². The van der Waals surface area contributed by atoms with Crippen LogP contribution in [0.3, 0.4) is 0 Å². The summed E-state index contributed by atoms with van der Waals surface area (Å²) in [5.74, 6) is 0.333. The first-order valence-corrected chi connectivity index (χ1v) is 10.8. The van der Waals surface area contributed by atoms with Crippen LogP contribution in [0, 0.1) is 6.92 Å². The number of aromatic nitrogens is 3. The Morgan fingerprint density at radius 1 is 1.10 bits per heavy atom. The maximum Gasteiger partial charge on any atom is 0.263 e. The van der Waals surface area contributed by atoms with Crippen molar-refractivity contribution in [2.24, 2.45) is 0 Å². The minimum Gasteiger partial charge on any atom is -0.480 e. The first-order chi connectivity index (χ1) is 14.9. The molecule has 0 unspecified atom stereocenters. The second kappa shape index (κ2) is 8.44. The van der Waals surface area contributed by atoms with Gasteiger partial charge in [0, 0.05) is 24.3 Å². The first kappa shape index (κ1) is 20.4. The van der Waals surface area contributed by atoms with E-state index >= 15 is 0 Å². The number of rotatable bonds is 7. The summed E-state index contributed by atoms with van der Waals surface area (Å²) >= 11 is 0. The number of fused-ring (bicyclic) bond motifs is 1. The van der Waals surface area contributed by atoms with Crippen molar-refractivity contribution in [2.45, 2.75) is 11.8 Å². The fourth-order valence-corrected chi connectivity index (χ4v) is 3.91. The summed E-state index contributed by atoms with van der Waals surface area (Å²) in [5.41, 5.74) is 1.91. The van der Waals surface area contributed by atoms with Gasteiger partial charge in [-0.1, -0.05) is 6.07 Å². The number of sulfonamides is 1. The van der Waals surface area contributed by atoms with Crippen molar-refractivity contribution in [1.82, 2.24) is 14.4 Å². The van der Waals surface area contributed by atoms with Gasteiger partial charge in [-0.3, -0.25) is 9.52 Å². The predicted molar refractivity (Wildman–Crippen MR) is 116 cm³/mol. The fourth-order valence-electron chi connectivity index (χ4n) is 2.90. The van der Waals surface area contributed by atoms with Gasteiger partial charge in [0.2, 0.25) is 0 Å². The molecule has 0 bridgehead atoms. The van der Waals surface area contributed by atoms with Crippen LogP contribution in [-0.2, 0) is 14.8 Å². The van der Waals surface area contributed by atoms with Crippen LogP contribution in [0.2, 0.25) is 0 Å². The van der Waals surface area contributed by atoms with Crippen molar-refractivity contribution >= 4 is 33.1 Å². The van der Waals surface area contributed by atoms with Gasteiger partial charge in [0.25, 0.3) is 15.9 Å². The van der Waals surface area contributed by atoms with Crippen molar-refractivity contribution in [3.05, 3.63) is 78.9 Å². The summed E-state index contributed by atoms with van der Waals surface area (Å²) in [4.78, 5) is 20.6. The third-order valence-corrected chi connectivity index (χ3v) is 5.65. The molecular formula is C21H19N5O4S. The molecule has 4 rings (SSSR count). The van der Waals surface area contributed by atoms with Gasteiger partial charge in [-0.2, -0.15) is 0 Å². The molecule has 1 aromatic carbocycles. The molecule has 158 valence electrons. The molecule has 0 aliphatic rings. The lowest BCUT2D eigenvalue weighted by Crippen LogP contribution is -2.20. The number of ether oxygens (including phenoxy) is 1. The number of amides is 1. The van der Waals surface area contributed by atoms with Crippen LogP contribution in [0.15, 0.2) is 78.1 Å². The number of hydrogen-bond donors (Lipinski definition) is 2. The number of hydrogen-bond acceptors (Lipinski definition) is 6. The normalized spacial score (nSPS) is 11.3. The van der Waals surface area contributed by atoms with E-state index in [0.717, 1.165) is 5.69 Å². The van der Waals surface area contributed by atoms with Gasteiger partial charge in [-0.05, 0) is 55.5 Å². The number of carbonyl (C=O) groups excluding carboxylic acids is 1. The summed E-state index contributed by atoms with van der Waals surface area (Å²) in [5, 5.41) is 2.68. The molecule has 3 heterocycles. The minimum absolute atomic E-state index is 0.0498. The van der Waals surface area contributed by atoms with Gasteiger partial charge >= 0.3 is 0 Å². The average Bonchev–Trinajstić information content (AvgIpc) is 3.14. The molecule has 0 saturated carbocycles. The van der Waals surface area contributed by atoms with Crippen LogP contribution < -0.4 is 14.8 Å². The molecule has 1 amide bonds. The fraction of sp³-hybridized carbons (Fsp3) is 0.0952. The Labute approximate surface area is 178 Å². The van der Waals surface area contributed by atoms with Crippen molar-refractivity contribution in [3.63, 3.8) is 0 Å². The summed E-state index contributed by atoms with van der Waals surface area (Å²) in [6.45, 7) is 1.66. The molecule has 2 N–H and O–H groups in total. The van der Waals surface area contributed by atoms with E-state index in [0.29, 0.717) is 17.1 Å². The topological polar surface area (TPSA) is 115 Å². The maximum atomic E-state index is 12.4. The Kier molecular flexibility index (Phi) is 5.54. The lowest BCUT2D eigenvalue weighted by Gasteiger charge is -2.10. The highest BCUT2D eigenvalue weighted by Gasteiger charge is 2.15. The number of aryl methyl sites for hydroxylation is 1. The third-order valence-electron chi connectivity index (χ3n) is 4.28. The molecule has 10 heteroatoms. The Hall–Kier alpha value is -3.92. The molecule has 0 aliphatic heterocycles. The molecule has 0 spiro atoms. The number of benzene rings is 1. The van der Waals surface area contributed by atoms with E-state index in [1.54, 1.807) is 30.3 Å². The molecule has 31 heavy (non-hydrogen) atoms. The van der Waals surface area contributed by atoms with E-state index in [-0.39, 0.29) is 23.2 Å². The van der Waals surface area contributed by atoms with Gasteiger partial charge in [0.15, 0.2) is 18.0 Å². The standard InChI is InChI=1S/C21H19N5O4S/c1-15-13-26-12-4-5-18(21(26)23-15)30-14-20(27)24-16-7-9-17(10-8-16)31(28,29)25-19-6-2-3-11-22-19/h2-13H,14H2,1H3,(H,22,25)(H,24,27). The monoisotopic (exact) mass is 437 g/mol. The van der Waals surface area contributed by atoms with Crippen LogP contribution in [0.25, 0.3) is 5.65 Å². The Balaban J connectivity index is 1.37. The van der Waals surface area contributed by atoms with Crippen LogP contribution in [0.4, 0.5) is 11.5 Å². The number of nitrogens with one attached hydrogen (secondary N) is 2. The van der Waals surface area contributed by atoms with E-state index in [1.165, 1.54) is 30.5 Å².